The molecule has 0 aliphatic carbocycles. The predicted octanol–water partition coefficient (Wildman–Crippen LogP) is 5.41. The Morgan fingerprint density at radius 1 is 0.875 bits per heavy atom. The van der Waals surface area contributed by atoms with Crippen molar-refractivity contribution in [2.75, 3.05) is 21.3 Å². The van der Waals surface area contributed by atoms with E-state index in [0.29, 0.717) is 17.2 Å². The molecule has 0 saturated heterocycles. The van der Waals surface area contributed by atoms with Crippen LogP contribution in [0.1, 0.15) is 16.0 Å². The maximum Gasteiger partial charge on any atom is 0.203 e. The minimum atomic E-state index is 0.607. The van der Waals surface area contributed by atoms with Gasteiger partial charge in [0.2, 0.25) is 5.75 Å². The number of thiophene rings is 1. The Morgan fingerprint density at radius 2 is 1.54 bits per heavy atom. The third kappa shape index (κ3) is 2.97. The lowest BCUT2D eigenvalue weighted by molar-refractivity contribution is 0.324. The number of rotatable bonds is 5. The van der Waals surface area contributed by atoms with Crippen LogP contribution in [0.3, 0.4) is 0 Å². The summed E-state index contributed by atoms with van der Waals surface area (Å²) in [6.07, 6.45) is 4.21. The van der Waals surface area contributed by atoms with Crippen molar-refractivity contribution in [2.45, 2.75) is 6.92 Å². The zero-order chi connectivity index (χ0) is 17.1. The van der Waals surface area contributed by atoms with Crippen LogP contribution in [0.15, 0.2) is 36.4 Å². The lowest BCUT2D eigenvalue weighted by Gasteiger charge is -2.12. The van der Waals surface area contributed by atoms with E-state index in [4.69, 9.17) is 14.2 Å². The van der Waals surface area contributed by atoms with E-state index in [1.54, 1.807) is 32.7 Å². The summed E-state index contributed by atoms with van der Waals surface area (Å²) in [6, 6.07) is 12.4. The molecule has 0 radical (unpaired) electrons. The molecule has 3 rings (SSSR count). The summed E-state index contributed by atoms with van der Waals surface area (Å²) in [5.41, 5.74) is 2.31. The molecule has 24 heavy (non-hydrogen) atoms. The number of fused-ring (bicyclic) bond motifs is 1. The normalized spacial score (nSPS) is 11.2. The molecule has 0 amide bonds. The van der Waals surface area contributed by atoms with Gasteiger partial charge in [-0.1, -0.05) is 24.3 Å². The molecule has 0 saturated carbocycles. The standard InChI is InChI=1S/C20H20O3S/c1-13-15-7-5-6-8-19(15)24-18(13)10-9-14-11-16(21-2)20(23-4)17(12-14)22-3/h5-12H,1-4H3/b10-9-. The molecule has 1 aromatic heterocycles. The van der Waals surface area contributed by atoms with Crippen LogP contribution in [-0.2, 0) is 0 Å². The third-order valence-electron chi connectivity index (χ3n) is 3.99. The molecular formula is C20H20O3S. The van der Waals surface area contributed by atoms with Crippen molar-refractivity contribution in [1.82, 2.24) is 0 Å². The van der Waals surface area contributed by atoms with E-state index in [0.717, 1.165) is 5.56 Å². The average Bonchev–Trinajstić information content (AvgIpc) is 2.95. The molecular weight excluding hydrogens is 320 g/mol. The molecule has 2 aromatic carbocycles. The highest BCUT2D eigenvalue weighted by molar-refractivity contribution is 7.20. The number of methoxy groups -OCH3 is 3. The molecule has 0 aliphatic rings. The van der Waals surface area contributed by atoms with Crippen molar-refractivity contribution >= 4 is 33.6 Å². The molecule has 4 heteroatoms. The van der Waals surface area contributed by atoms with Crippen molar-refractivity contribution in [1.29, 1.82) is 0 Å². The number of hydrogen-bond acceptors (Lipinski definition) is 4. The molecule has 0 spiro atoms. The second kappa shape index (κ2) is 6.97. The average molecular weight is 340 g/mol. The summed E-state index contributed by atoms with van der Waals surface area (Å²) in [5, 5.41) is 1.31. The van der Waals surface area contributed by atoms with E-state index in [2.05, 4.69) is 43.3 Å². The molecule has 0 N–H and O–H groups in total. The lowest BCUT2D eigenvalue weighted by atomic mass is 10.1. The molecule has 0 fully saturated rings. The minimum Gasteiger partial charge on any atom is -0.493 e. The Bertz CT molecular complexity index is 868. The number of aryl methyl sites for hydroxylation is 1. The van der Waals surface area contributed by atoms with Crippen molar-refractivity contribution in [3.05, 3.63) is 52.4 Å². The largest absolute Gasteiger partial charge is 0.493 e. The van der Waals surface area contributed by atoms with Gasteiger partial charge in [-0.05, 0) is 47.7 Å². The second-order valence-corrected chi connectivity index (χ2v) is 6.46. The molecule has 0 unspecified atom stereocenters. The maximum absolute atomic E-state index is 5.41. The minimum absolute atomic E-state index is 0.607. The summed E-state index contributed by atoms with van der Waals surface area (Å²) >= 11 is 1.80. The molecule has 3 aromatic rings. The summed E-state index contributed by atoms with van der Waals surface area (Å²) in [4.78, 5) is 1.25. The van der Waals surface area contributed by atoms with Gasteiger partial charge in [-0.3, -0.25) is 0 Å². The first-order valence-electron chi connectivity index (χ1n) is 7.64. The number of ether oxygens (including phenoxy) is 3. The van der Waals surface area contributed by atoms with Crippen LogP contribution < -0.4 is 14.2 Å². The summed E-state index contributed by atoms with van der Waals surface area (Å²) in [6.45, 7) is 2.16. The van der Waals surface area contributed by atoms with E-state index >= 15 is 0 Å². The van der Waals surface area contributed by atoms with Crippen LogP contribution in [0.25, 0.3) is 22.2 Å². The Hall–Kier alpha value is -2.46. The smallest absolute Gasteiger partial charge is 0.203 e. The summed E-state index contributed by atoms with van der Waals surface area (Å²) in [5.74, 6) is 1.92. The monoisotopic (exact) mass is 340 g/mol. The fourth-order valence-electron chi connectivity index (χ4n) is 2.72. The lowest BCUT2D eigenvalue weighted by Crippen LogP contribution is -1.95. The highest BCUT2D eigenvalue weighted by Gasteiger charge is 2.12. The second-order valence-electron chi connectivity index (χ2n) is 5.38. The fraction of sp³-hybridized carbons (Fsp3) is 0.200. The molecule has 0 bridgehead atoms. The first kappa shape index (κ1) is 16.4. The molecule has 0 aliphatic heterocycles. The molecule has 0 atom stereocenters. The SMILES string of the molecule is COc1cc(/C=C\c2sc3ccccc3c2C)cc(OC)c1OC. The zero-order valence-corrected chi connectivity index (χ0v) is 15.1. The molecule has 124 valence electrons. The summed E-state index contributed by atoms with van der Waals surface area (Å²) in [7, 11) is 4.86. The highest BCUT2D eigenvalue weighted by atomic mass is 32.1. The van der Waals surface area contributed by atoms with Gasteiger partial charge in [0.15, 0.2) is 11.5 Å². The van der Waals surface area contributed by atoms with Crippen molar-refractivity contribution in [2.24, 2.45) is 0 Å². The molecule has 1 heterocycles. The van der Waals surface area contributed by atoms with Gasteiger partial charge in [-0.2, -0.15) is 0 Å². The Morgan fingerprint density at radius 3 is 2.12 bits per heavy atom. The van der Waals surface area contributed by atoms with Crippen LogP contribution >= 0.6 is 11.3 Å². The fourth-order valence-corrected chi connectivity index (χ4v) is 3.84. The van der Waals surface area contributed by atoms with Gasteiger partial charge >= 0.3 is 0 Å². The van der Waals surface area contributed by atoms with E-state index in [9.17, 15) is 0 Å². The predicted molar refractivity (Wildman–Crippen MR) is 102 cm³/mol. The number of benzene rings is 2. The highest BCUT2D eigenvalue weighted by Crippen LogP contribution is 2.39. The zero-order valence-electron chi connectivity index (χ0n) is 14.3. The van der Waals surface area contributed by atoms with Gasteiger partial charge in [0.05, 0.1) is 21.3 Å². The first-order chi connectivity index (χ1) is 11.7. The van der Waals surface area contributed by atoms with E-state index in [-0.39, 0.29) is 0 Å². The van der Waals surface area contributed by atoms with Gasteiger partial charge in [-0.25, -0.2) is 0 Å². The van der Waals surface area contributed by atoms with Crippen LogP contribution in [0.2, 0.25) is 0 Å². The maximum atomic E-state index is 5.41. The first-order valence-corrected chi connectivity index (χ1v) is 8.45. The van der Waals surface area contributed by atoms with Gasteiger partial charge < -0.3 is 14.2 Å². The van der Waals surface area contributed by atoms with Crippen LogP contribution in [0, 0.1) is 6.92 Å². The van der Waals surface area contributed by atoms with Crippen LogP contribution in [-0.4, -0.2) is 21.3 Å². The van der Waals surface area contributed by atoms with Gasteiger partial charge in [-0.15, -0.1) is 11.3 Å². The third-order valence-corrected chi connectivity index (χ3v) is 5.23. The van der Waals surface area contributed by atoms with Gasteiger partial charge in [0.1, 0.15) is 0 Å². The van der Waals surface area contributed by atoms with E-state index < -0.39 is 0 Å². The van der Waals surface area contributed by atoms with Gasteiger partial charge in [0.25, 0.3) is 0 Å². The summed E-state index contributed by atoms with van der Waals surface area (Å²) < 4.78 is 17.5. The quantitative estimate of drug-likeness (QED) is 0.622. The van der Waals surface area contributed by atoms with E-state index in [1.165, 1.54) is 20.5 Å². The topological polar surface area (TPSA) is 27.7 Å². The van der Waals surface area contributed by atoms with Crippen LogP contribution in [0.4, 0.5) is 0 Å². The Balaban J connectivity index is 2.00. The Labute approximate surface area is 146 Å². The van der Waals surface area contributed by atoms with E-state index in [1.807, 2.05) is 12.1 Å². The Kier molecular flexibility index (Phi) is 4.76. The van der Waals surface area contributed by atoms with Crippen molar-refractivity contribution < 1.29 is 14.2 Å². The number of hydrogen-bond donors (Lipinski definition) is 0. The van der Waals surface area contributed by atoms with Crippen molar-refractivity contribution in [3.8, 4) is 17.2 Å². The van der Waals surface area contributed by atoms with Crippen molar-refractivity contribution in [3.63, 3.8) is 0 Å². The molecule has 3 nitrogen and oxygen atoms in total. The van der Waals surface area contributed by atoms with Crippen LogP contribution in [0.5, 0.6) is 17.2 Å². The van der Waals surface area contributed by atoms with Gasteiger partial charge in [0, 0.05) is 9.58 Å².